The Labute approximate surface area is 142 Å². The summed E-state index contributed by atoms with van der Waals surface area (Å²) in [5.41, 5.74) is 0.468. The fraction of sp³-hybridized carbons (Fsp3) is 0.176. The molecule has 0 atom stereocenters. The summed E-state index contributed by atoms with van der Waals surface area (Å²) in [7, 11) is 0. The van der Waals surface area contributed by atoms with E-state index in [0.717, 1.165) is 6.20 Å². The van der Waals surface area contributed by atoms with Gasteiger partial charge in [0.2, 0.25) is 5.82 Å². The second kappa shape index (κ2) is 6.76. The topological polar surface area (TPSA) is 72.7 Å². The Morgan fingerprint density at radius 3 is 2.60 bits per heavy atom. The predicted molar refractivity (Wildman–Crippen MR) is 87.6 cm³/mol. The molecule has 0 unspecified atom stereocenters. The quantitative estimate of drug-likeness (QED) is 0.789. The largest absolute Gasteiger partial charge is 0.304 e. The summed E-state index contributed by atoms with van der Waals surface area (Å²) in [6.45, 7) is 3.78. The normalized spacial score (nSPS) is 10.9. The molecule has 2 heterocycles. The Morgan fingerprint density at radius 1 is 1.16 bits per heavy atom. The fourth-order valence-corrected chi connectivity index (χ4v) is 2.21. The number of rotatable bonds is 4. The summed E-state index contributed by atoms with van der Waals surface area (Å²) >= 11 is 0. The molecule has 0 fully saturated rings. The van der Waals surface area contributed by atoms with Crippen molar-refractivity contribution < 1.29 is 13.6 Å². The molecule has 0 radical (unpaired) electrons. The molecule has 1 N–H and O–H groups in total. The van der Waals surface area contributed by atoms with Crippen molar-refractivity contribution in [3.8, 4) is 5.69 Å². The maximum absolute atomic E-state index is 13.5. The molecule has 3 rings (SSSR count). The Bertz CT molecular complexity index is 906. The van der Waals surface area contributed by atoms with Gasteiger partial charge in [-0.25, -0.2) is 23.4 Å². The van der Waals surface area contributed by atoms with Crippen LogP contribution < -0.4 is 5.32 Å². The highest BCUT2D eigenvalue weighted by molar-refractivity contribution is 6.00. The van der Waals surface area contributed by atoms with Gasteiger partial charge in [0.05, 0.1) is 11.9 Å². The summed E-state index contributed by atoms with van der Waals surface area (Å²) in [5, 5.41) is 6.68. The molecule has 8 heteroatoms. The van der Waals surface area contributed by atoms with Crippen LogP contribution >= 0.6 is 0 Å². The lowest BCUT2D eigenvalue weighted by Gasteiger charge is -2.07. The molecule has 128 valence electrons. The molecule has 0 saturated heterocycles. The number of aromatic nitrogens is 4. The minimum Gasteiger partial charge on any atom is -0.304 e. The molecule has 0 aliphatic heterocycles. The van der Waals surface area contributed by atoms with E-state index in [4.69, 9.17) is 0 Å². The van der Waals surface area contributed by atoms with Gasteiger partial charge < -0.3 is 5.32 Å². The number of pyridine rings is 1. The SMILES string of the molecule is CC(C)c1nc(C(=O)Nc2ccc(F)cn2)nn1-c1cccc(F)c1. The lowest BCUT2D eigenvalue weighted by atomic mass is 10.2. The van der Waals surface area contributed by atoms with Crippen molar-refractivity contribution in [2.24, 2.45) is 0 Å². The van der Waals surface area contributed by atoms with Crippen molar-refractivity contribution in [1.82, 2.24) is 19.7 Å². The van der Waals surface area contributed by atoms with Crippen molar-refractivity contribution in [3.63, 3.8) is 0 Å². The minimum atomic E-state index is -0.587. The first kappa shape index (κ1) is 16.7. The van der Waals surface area contributed by atoms with Gasteiger partial charge in [-0.1, -0.05) is 19.9 Å². The van der Waals surface area contributed by atoms with E-state index in [9.17, 15) is 13.6 Å². The third-order valence-corrected chi connectivity index (χ3v) is 3.37. The number of carbonyl (C=O) groups excluding carboxylic acids is 1. The van der Waals surface area contributed by atoms with E-state index >= 15 is 0 Å². The Morgan fingerprint density at radius 2 is 1.96 bits per heavy atom. The van der Waals surface area contributed by atoms with E-state index in [-0.39, 0.29) is 17.6 Å². The maximum atomic E-state index is 13.5. The van der Waals surface area contributed by atoms with Crippen molar-refractivity contribution in [1.29, 1.82) is 0 Å². The number of nitrogens with one attached hydrogen (secondary N) is 1. The van der Waals surface area contributed by atoms with Gasteiger partial charge in [0.1, 0.15) is 23.3 Å². The second-order valence-corrected chi connectivity index (χ2v) is 5.66. The van der Waals surface area contributed by atoms with Gasteiger partial charge in [-0.2, -0.15) is 0 Å². The molecule has 0 aliphatic carbocycles. The Balaban J connectivity index is 1.93. The third kappa shape index (κ3) is 3.68. The molecular weight excluding hydrogens is 328 g/mol. The first-order valence-corrected chi connectivity index (χ1v) is 7.60. The van der Waals surface area contributed by atoms with Gasteiger partial charge in [0.15, 0.2) is 0 Å². The summed E-state index contributed by atoms with van der Waals surface area (Å²) in [4.78, 5) is 20.3. The standard InChI is InChI=1S/C17H15F2N5O/c1-10(2)16-22-15(17(25)21-14-7-6-12(19)9-20-14)23-24(16)13-5-3-4-11(18)8-13/h3-10H,1-2H3,(H,20,21,25). The molecule has 0 saturated carbocycles. The van der Waals surface area contributed by atoms with Gasteiger partial charge in [-0.15, -0.1) is 5.10 Å². The fourth-order valence-electron chi connectivity index (χ4n) is 2.21. The zero-order valence-electron chi connectivity index (χ0n) is 13.6. The highest BCUT2D eigenvalue weighted by Crippen LogP contribution is 2.18. The number of nitrogens with zero attached hydrogens (tertiary/aromatic N) is 4. The number of amides is 1. The van der Waals surface area contributed by atoms with E-state index in [1.54, 1.807) is 12.1 Å². The predicted octanol–water partition coefficient (Wildman–Crippen LogP) is 3.32. The van der Waals surface area contributed by atoms with Crippen LogP contribution in [0.2, 0.25) is 0 Å². The molecule has 3 aromatic rings. The second-order valence-electron chi connectivity index (χ2n) is 5.66. The Hall–Kier alpha value is -3.16. The van der Waals surface area contributed by atoms with Crippen LogP contribution in [0.5, 0.6) is 0 Å². The zero-order chi connectivity index (χ0) is 18.0. The van der Waals surface area contributed by atoms with Gasteiger partial charge in [-0.05, 0) is 30.3 Å². The summed E-state index contributed by atoms with van der Waals surface area (Å²) < 4.78 is 27.8. The van der Waals surface area contributed by atoms with E-state index in [1.165, 1.54) is 28.9 Å². The number of carbonyl (C=O) groups is 1. The molecule has 2 aromatic heterocycles. The smallest absolute Gasteiger partial charge is 0.296 e. The number of halogens is 2. The van der Waals surface area contributed by atoms with Crippen molar-refractivity contribution in [2.75, 3.05) is 5.32 Å². The lowest BCUT2D eigenvalue weighted by molar-refractivity contribution is 0.101. The average molecular weight is 343 g/mol. The third-order valence-electron chi connectivity index (χ3n) is 3.37. The molecule has 0 bridgehead atoms. The maximum Gasteiger partial charge on any atom is 0.296 e. The highest BCUT2D eigenvalue weighted by atomic mass is 19.1. The van der Waals surface area contributed by atoms with Gasteiger partial charge in [0.25, 0.3) is 5.91 Å². The molecular formula is C17H15F2N5O. The summed E-state index contributed by atoms with van der Waals surface area (Å²) in [5.74, 6) is -0.934. The van der Waals surface area contributed by atoms with Crippen LogP contribution in [-0.4, -0.2) is 25.7 Å². The summed E-state index contributed by atoms with van der Waals surface area (Å²) in [6, 6.07) is 8.37. The van der Waals surface area contributed by atoms with E-state index in [1.807, 2.05) is 13.8 Å². The van der Waals surface area contributed by atoms with Crippen LogP contribution in [0.4, 0.5) is 14.6 Å². The average Bonchev–Trinajstić information content (AvgIpc) is 3.03. The minimum absolute atomic E-state index is 0.0405. The number of anilines is 1. The van der Waals surface area contributed by atoms with E-state index < -0.39 is 17.5 Å². The van der Waals surface area contributed by atoms with Gasteiger partial charge in [-0.3, -0.25) is 4.79 Å². The summed E-state index contributed by atoms with van der Waals surface area (Å²) in [6.07, 6.45) is 0.994. The molecule has 6 nitrogen and oxygen atoms in total. The lowest BCUT2D eigenvalue weighted by Crippen LogP contribution is -2.15. The van der Waals surface area contributed by atoms with Gasteiger partial charge >= 0.3 is 0 Å². The monoisotopic (exact) mass is 343 g/mol. The first-order chi connectivity index (χ1) is 11.9. The molecule has 1 aromatic carbocycles. The molecule has 1 amide bonds. The highest BCUT2D eigenvalue weighted by Gasteiger charge is 2.20. The van der Waals surface area contributed by atoms with Crippen LogP contribution in [0, 0.1) is 11.6 Å². The number of hydrogen-bond acceptors (Lipinski definition) is 4. The van der Waals surface area contributed by atoms with Crippen LogP contribution in [0.25, 0.3) is 5.69 Å². The first-order valence-electron chi connectivity index (χ1n) is 7.60. The van der Waals surface area contributed by atoms with Crippen LogP contribution in [0.15, 0.2) is 42.6 Å². The number of hydrogen-bond donors (Lipinski definition) is 1. The van der Waals surface area contributed by atoms with Crippen molar-refractivity contribution >= 4 is 11.7 Å². The van der Waals surface area contributed by atoms with E-state index in [2.05, 4.69) is 20.4 Å². The zero-order valence-corrected chi connectivity index (χ0v) is 13.6. The van der Waals surface area contributed by atoms with Gasteiger partial charge in [0, 0.05) is 5.92 Å². The molecule has 0 aliphatic rings. The van der Waals surface area contributed by atoms with Crippen LogP contribution in [0.3, 0.4) is 0 Å². The number of benzene rings is 1. The molecule has 0 spiro atoms. The van der Waals surface area contributed by atoms with E-state index in [0.29, 0.717) is 11.5 Å². The Kier molecular flexibility index (Phi) is 4.51. The van der Waals surface area contributed by atoms with Crippen LogP contribution in [-0.2, 0) is 0 Å². The van der Waals surface area contributed by atoms with Crippen molar-refractivity contribution in [2.45, 2.75) is 19.8 Å². The van der Waals surface area contributed by atoms with Crippen LogP contribution in [0.1, 0.15) is 36.2 Å². The van der Waals surface area contributed by atoms with Crippen molar-refractivity contribution in [3.05, 3.63) is 65.9 Å². The molecule has 25 heavy (non-hydrogen) atoms.